The number of hydrogen-bond acceptors (Lipinski definition) is 3. The van der Waals surface area contributed by atoms with Gasteiger partial charge in [-0.25, -0.2) is 0 Å². The third kappa shape index (κ3) is 2.65. The Morgan fingerprint density at radius 1 is 1.33 bits per heavy atom. The lowest BCUT2D eigenvalue weighted by molar-refractivity contribution is -0.117. The van der Waals surface area contributed by atoms with E-state index in [4.69, 9.17) is 5.73 Å². The van der Waals surface area contributed by atoms with Crippen molar-refractivity contribution in [3.8, 4) is 0 Å². The molecule has 2 amide bonds. The fourth-order valence-electron chi connectivity index (χ4n) is 2.94. The molecule has 1 aromatic rings. The molecule has 2 rings (SSSR count). The van der Waals surface area contributed by atoms with Gasteiger partial charge in [-0.05, 0) is 43.5 Å². The van der Waals surface area contributed by atoms with Crippen molar-refractivity contribution in [2.75, 3.05) is 11.4 Å². The molecule has 0 bridgehead atoms. The predicted octanol–water partition coefficient (Wildman–Crippen LogP) is 1.83. The van der Waals surface area contributed by atoms with Gasteiger partial charge in [0.25, 0.3) is 5.91 Å². The molecule has 0 saturated heterocycles. The minimum Gasteiger partial charge on any atom is -0.352 e. The lowest BCUT2D eigenvalue weighted by atomic mass is 9.83. The second-order valence-electron chi connectivity index (χ2n) is 5.65. The minimum atomic E-state index is -0.181. The van der Waals surface area contributed by atoms with Gasteiger partial charge in [0.2, 0.25) is 5.91 Å². The first-order valence-electron chi connectivity index (χ1n) is 7.36. The van der Waals surface area contributed by atoms with E-state index in [1.54, 1.807) is 17.9 Å². The first-order valence-corrected chi connectivity index (χ1v) is 7.36. The number of carbonyl (C=O) groups is 2. The summed E-state index contributed by atoms with van der Waals surface area (Å²) in [6.45, 7) is 8.05. The van der Waals surface area contributed by atoms with Crippen LogP contribution in [0, 0.1) is 5.92 Å². The molecule has 3 atom stereocenters. The molecule has 5 nitrogen and oxygen atoms in total. The van der Waals surface area contributed by atoms with Crippen LogP contribution in [0.2, 0.25) is 0 Å². The number of amides is 2. The van der Waals surface area contributed by atoms with Gasteiger partial charge >= 0.3 is 0 Å². The molecule has 1 aliphatic rings. The van der Waals surface area contributed by atoms with Crippen LogP contribution in [0.4, 0.5) is 5.69 Å². The number of anilines is 1. The number of fused-ring (bicyclic) bond motifs is 1. The van der Waals surface area contributed by atoms with Gasteiger partial charge in [-0.1, -0.05) is 6.92 Å². The second-order valence-corrected chi connectivity index (χ2v) is 5.65. The van der Waals surface area contributed by atoms with E-state index < -0.39 is 0 Å². The number of nitrogens with one attached hydrogen (secondary N) is 1. The summed E-state index contributed by atoms with van der Waals surface area (Å²) in [6.07, 6.45) is 0. The lowest BCUT2D eigenvalue weighted by Crippen LogP contribution is -2.48. The maximum Gasteiger partial charge on any atom is 0.251 e. The summed E-state index contributed by atoms with van der Waals surface area (Å²) in [5, 5.41) is 2.78. The maximum atomic E-state index is 12.0. The topological polar surface area (TPSA) is 75.4 Å². The van der Waals surface area contributed by atoms with Crippen LogP contribution in [0.5, 0.6) is 0 Å². The van der Waals surface area contributed by atoms with Gasteiger partial charge in [0.05, 0.1) is 0 Å². The molecule has 1 aliphatic heterocycles. The van der Waals surface area contributed by atoms with Crippen molar-refractivity contribution in [1.82, 2.24) is 5.32 Å². The quantitative estimate of drug-likeness (QED) is 0.872. The van der Waals surface area contributed by atoms with E-state index in [-0.39, 0.29) is 29.8 Å². The van der Waals surface area contributed by atoms with Crippen molar-refractivity contribution in [2.45, 2.75) is 39.8 Å². The average Bonchev–Trinajstić information content (AvgIpc) is 2.44. The largest absolute Gasteiger partial charge is 0.352 e. The normalized spacial score (nSPS) is 24.4. The highest BCUT2D eigenvalue weighted by Crippen LogP contribution is 2.39. The van der Waals surface area contributed by atoms with Crippen molar-refractivity contribution in [3.63, 3.8) is 0 Å². The van der Waals surface area contributed by atoms with E-state index in [1.165, 1.54) is 0 Å². The molecule has 3 unspecified atom stereocenters. The molecule has 0 radical (unpaired) electrons. The highest BCUT2D eigenvalue weighted by molar-refractivity contribution is 5.97. The Hall–Kier alpha value is -1.88. The summed E-state index contributed by atoms with van der Waals surface area (Å²) >= 11 is 0. The Morgan fingerprint density at radius 3 is 2.57 bits per heavy atom. The molecule has 1 aromatic carbocycles. The number of benzene rings is 1. The molecule has 21 heavy (non-hydrogen) atoms. The third-order valence-corrected chi connectivity index (χ3v) is 4.32. The van der Waals surface area contributed by atoms with E-state index >= 15 is 0 Å². The number of nitrogens with zero attached hydrogens (tertiary/aromatic N) is 1. The molecule has 0 aromatic heterocycles. The van der Waals surface area contributed by atoms with E-state index in [9.17, 15) is 9.59 Å². The first kappa shape index (κ1) is 15.5. The third-order valence-electron chi connectivity index (χ3n) is 4.32. The van der Waals surface area contributed by atoms with Crippen LogP contribution in [0.25, 0.3) is 0 Å². The van der Waals surface area contributed by atoms with Gasteiger partial charge < -0.3 is 16.0 Å². The van der Waals surface area contributed by atoms with Gasteiger partial charge in [0.1, 0.15) is 0 Å². The summed E-state index contributed by atoms with van der Waals surface area (Å²) in [5.74, 6) is 0.00676. The van der Waals surface area contributed by atoms with Crippen LogP contribution in [0.1, 0.15) is 49.7 Å². The second kappa shape index (κ2) is 5.85. The molecule has 3 N–H and O–H groups in total. The van der Waals surface area contributed by atoms with Crippen molar-refractivity contribution < 1.29 is 9.59 Å². The molecular formula is C16H23N3O2. The minimum absolute atomic E-state index is 0.00624. The van der Waals surface area contributed by atoms with Crippen LogP contribution in [-0.2, 0) is 4.79 Å². The van der Waals surface area contributed by atoms with Crippen LogP contribution in [0.15, 0.2) is 18.2 Å². The summed E-state index contributed by atoms with van der Waals surface area (Å²) in [6, 6.07) is 5.24. The van der Waals surface area contributed by atoms with Crippen molar-refractivity contribution in [3.05, 3.63) is 29.3 Å². The lowest BCUT2D eigenvalue weighted by Gasteiger charge is -2.42. The summed E-state index contributed by atoms with van der Waals surface area (Å²) < 4.78 is 0. The molecular weight excluding hydrogens is 266 g/mol. The van der Waals surface area contributed by atoms with E-state index in [2.05, 4.69) is 5.32 Å². The number of hydrogen-bond donors (Lipinski definition) is 2. The number of rotatable bonds is 2. The zero-order valence-corrected chi connectivity index (χ0v) is 13.0. The molecule has 0 spiro atoms. The first-order chi connectivity index (χ1) is 9.88. The van der Waals surface area contributed by atoms with Gasteiger partial charge in [-0.2, -0.15) is 0 Å². The van der Waals surface area contributed by atoms with Gasteiger partial charge in [0, 0.05) is 36.8 Å². The van der Waals surface area contributed by atoms with Gasteiger partial charge in [0.15, 0.2) is 0 Å². The van der Waals surface area contributed by atoms with E-state index in [0.29, 0.717) is 12.1 Å². The van der Waals surface area contributed by atoms with Crippen LogP contribution >= 0.6 is 0 Å². The van der Waals surface area contributed by atoms with Gasteiger partial charge in [-0.3, -0.25) is 9.59 Å². The van der Waals surface area contributed by atoms with Crippen molar-refractivity contribution in [1.29, 1.82) is 0 Å². The number of nitrogens with two attached hydrogens (primary N) is 1. The predicted molar refractivity (Wildman–Crippen MR) is 83.2 cm³/mol. The molecule has 5 heteroatoms. The fraction of sp³-hybridized carbons (Fsp3) is 0.500. The van der Waals surface area contributed by atoms with Gasteiger partial charge in [-0.15, -0.1) is 0 Å². The van der Waals surface area contributed by atoms with Crippen LogP contribution < -0.4 is 16.0 Å². The monoisotopic (exact) mass is 289 g/mol. The zero-order chi connectivity index (χ0) is 15.7. The van der Waals surface area contributed by atoms with Crippen molar-refractivity contribution in [2.24, 2.45) is 11.7 Å². The highest BCUT2D eigenvalue weighted by Gasteiger charge is 2.36. The molecule has 0 fully saturated rings. The maximum absolute atomic E-state index is 12.0. The molecule has 1 heterocycles. The Labute approximate surface area is 125 Å². The Morgan fingerprint density at radius 2 is 2.00 bits per heavy atom. The molecule has 0 aliphatic carbocycles. The smallest absolute Gasteiger partial charge is 0.251 e. The summed E-state index contributed by atoms with van der Waals surface area (Å²) in [7, 11) is 0. The van der Waals surface area contributed by atoms with E-state index in [0.717, 1.165) is 11.3 Å². The molecule has 114 valence electrons. The zero-order valence-electron chi connectivity index (χ0n) is 13.0. The molecule has 0 saturated carbocycles. The average molecular weight is 289 g/mol. The van der Waals surface area contributed by atoms with E-state index in [1.807, 2.05) is 32.9 Å². The Balaban J connectivity index is 2.50. The van der Waals surface area contributed by atoms with Crippen LogP contribution in [0.3, 0.4) is 0 Å². The summed E-state index contributed by atoms with van der Waals surface area (Å²) in [5.41, 5.74) is 8.57. The highest BCUT2D eigenvalue weighted by atomic mass is 16.2. The SMILES string of the molecule is CCNC(=O)c1ccc2c(c1)C(N)C(C)C(C)N2C(C)=O. The van der Waals surface area contributed by atoms with Crippen molar-refractivity contribution >= 4 is 17.5 Å². The number of carbonyl (C=O) groups excluding carboxylic acids is 2. The van der Waals surface area contributed by atoms with Crippen LogP contribution in [-0.4, -0.2) is 24.4 Å². The Kier molecular flexibility index (Phi) is 4.32. The Bertz CT molecular complexity index is 571. The standard InChI is InChI=1S/C16H23N3O2/c1-5-18-16(21)12-6-7-14-13(8-12)15(17)9(2)10(3)19(14)11(4)20/h6-10,15H,5,17H2,1-4H3,(H,18,21). The fourth-order valence-corrected chi connectivity index (χ4v) is 2.94. The summed E-state index contributed by atoms with van der Waals surface area (Å²) in [4.78, 5) is 25.7.